The monoisotopic (exact) mass is 428 g/mol. The highest BCUT2D eigenvalue weighted by atomic mass is 16.2. The molecule has 0 aromatic heterocycles. The Morgan fingerprint density at radius 2 is 1.81 bits per heavy atom. The smallest absolute Gasteiger partial charge is 0.245 e. The second-order valence-corrected chi connectivity index (χ2v) is 9.31. The van der Waals surface area contributed by atoms with E-state index in [4.69, 9.17) is 5.73 Å². The van der Waals surface area contributed by atoms with Crippen molar-refractivity contribution in [1.82, 2.24) is 15.1 Å². The van der Waals surface area contributed by atoms with Crippen molar-refractivity contribution in [2.75, 3.05) is 26.2 Å². The predicted octanol–water partition coefficient (Wildman–Crippen LogP) is 1.56. The first-order chi connectivity index (χ1) is 14.8. The van der Waals surface area contributed by atoms with Crippen LogP contribution in [0.5, 0.6) is 0 Å². The van der Waals surface area contributed by atoms with Crippen molar-refractivity contribution in [1.29, 1.82) is 0 Å². The Morgan fingerprint density at radius 1 is 1.13 bits per heavy atom. The average molecular weight is 429 g/mol. The minimum Gasteiger partial charge on any atom is -0.370 e. The van der Waals surface area contributed by atoms with Gasteiger partial charge in [-0.3, -0.25) is 14.4 Å². The SMILES string of the molecule is CC(C)CC(C(=O)N1CCC(CC(N)=O)CC1)N1CCNC(Cc2ccccc2)C1=O. The van der Waals surface area contributed by atoms with Crippen LogP contribution in [0.25, 0.3) is 0 Å². The molecule has 0 aliphatic carbocycles. The van der Waals surface area contributed by atoms with Crippen LogP contribution in [0.2, 0.25) is 0 Å². The summed E-state index contributed by atoms with van der Waals surface area (Å²) < 4.78 is 0. The van der Waals surface area contributed by atoms with Crippen molar-refractivity contribution in [3.63, 3.8) is 0 Å². The van der Waals surface area contributed by atoms with E-state index in [9.17, 15) is 14.4 Å². The van der Waals surface area contributed by atoms with Gasteiger partial charge in [-0.25, -0.2) is 0 Å². The molecule has 2 aliphatic heterocycles. The Bertz CT molecular complexity index is 759. The molecule has 2 aliphatic rings. The van der Waals surface area contributed by atoms with Crippen LogP contribution in [0.4, 0.5) is 0 Å². The first kappa shape index (κ1) is 23.3. The van der Waals surface area contributed by atoms with Crippen molar-refractivity contribution in [2.45, 2.75) is 58.0 Å². The number of nitrogens with zero attached hydrogens (tertiary/aromatic N) is 2. The van der Waals surface area contributed by atoms with Gasteiger partial charge >= 0.3 is 0 Å². The molecule has 3 rings (SSSR count). The van der Waals surface area contributed by atoms with Crippen LogP contribution in [0.1, 0.15) is 45.1 Å². The Kier molecular flexibility index (Phi) is 8.07. The molecule has 0 saturated carbocycles. The van der Waals surface area contributed by atoms with E-state index >= 15 is 0 Å². The van der Waals surface area contributed by atoms with Gasteiger partial charge in [-0.15, -0.1) is 0 Å². The zero-order valence-corrected chi connectivity index (χ0v) is 18.8. The third-order valence-electron chi connectivity index (χ3n) is 6.38. The fourth-order valence-electron chi connectivity index (χ4n) is 4.74. The zero-order chi connectivity index (χ0) is 22.4. The van der Waals surface area contributed by atoms with Gasteiger partial charge in [-0.05, 0) is 43.1 Å². The van der Waals surface area contributed by atoms with Crippen LogP contribution in [0, 0.1) is 11.8 Å². The summed E-state index contributed by atoms with van der Waals surface area (Å²) in [6.45, 7) is 6.66. The van der Waals surface area contributed by atoms with E-state index in [1.807, 2.05) is 40.1 Å². The standard InChI is InChI=1S/C24H36N4O3/c1-17(2)14-21(24(31)27-11-8-19(9-12-27)16-22(25)29)28-13-10-26-20(23(28)30)15-18-6-4-3-5-7-18/h3-7,17,19-21,26H,8-16H2,1-2H3,(H2,25,29). The summed E-state index contributed by atoms with van der Waals surface area (Å²) in [6, 6.07) is 9.25. The molecule has 2 unspecified atom stereocenters. The van der Waals surface area contributed by atoms with Crippen molar-refractivity contribution in [2.24, 2.45) is 17.6 Å². The molecule has 0 bridgehead atoms. The Morgan fingerprint density at radius 3 is 2.42 bits per heavy atom. The molecule has 2 heterocycles. The highest BCUT2D eigenvalue weighted by Gasteiger charge is 2.39. The summed E-state index contributed by atoms with van der Waals surface area (Å²) in [4.78, 5) is 41.7. The number of primary amides is 1. The van der Waals surface area contributed by atoms with Gasteiger partial charge in [0.25, 0.3) is 0 Å². The lowest BCUT2D eigenvalue weighted by Crippen LogP contribution is -2.62. The predicted molar refractivity (Wildman–Crippen MR) is 120 cm³/mol. The molecule has 2 atom stereocenters. The first-order valence-corrected chi connectivity index (χ1v) is 11.5. The maximum Gasteiger partial charge on any atom is 0.245 e. The van der Waals surface area contributed by atoms with Gasteiger partial charge in [0.2, 0.25) is 17.7 Å². The number of hydrogen-bond acceptors (Lipinski definition) is 4. The van der Waals surface area contributed by atoms with Gasteiger partial charge in [0.15, 0.2) is 0 Å². The summed E-state index contributed by atoms with van der Waals surface area (Å²) in [7, 11) is 0. The molecule has 170 valence electrons. The molecule has 7 nitrogen and oxygen atoms in total. The Labute approximate surface area is 185 Å². The van der Waals surface area contributed by atoms with Gasteiger partial charge in [-0.1, -0.05) is 44.2 Å². The zero-order valence-electron chi connectivity index (χ0n) is 18.8. The minimum atomic E-state index is -0.430. The molecule has 3 amide bonds. The van der Waals surface area contributed by atoms with Gasteiger partial charge in [-0.2, -0.15) is 0 Å². The van der Waals surface area contributed by atoms with Crippen LogP contribution in [0.3, 0.4) is 0 Å². The van der Waals surface area contributed by atoms with Crippen LogP contribution in [0.15, 0.2) is 30.3 Å². The number of rotatable bonds is 8. The Balaban J connectivity index is 1.68. The lowest BCUT2D eigenvalue weighted by Gasteiger charge is -2.41. The number of amides is 3. The third-order valence-corrected chi connectivity index (χ3v) is 6.38. The second kappa shape index (κ2) is 10.8. The van der Waals surface area contributed by atoms with Crippen LogP contribution in [-0.2, 0) is 20.8 Å². The van der Waals surface area contributed by atoms with Crippen molar-refractivity contribution in [3.05, 3.63) is 35.9 Å². The van der Waals surface area contributed by atoms with Gasteiger partial charge in [0, 0.05) is 32.6 Å². The van der Waals surface area contributed by atoms with E-state index in [1.165, 1.54) is 0 Å². The number of carbonyl (C=O) groups is 3. The highest BCUT2D eigenvalue weighted by molar-refractivity contribution is 5.90. The van der Waals surface area contributed by atoms with Crippen molar-refractivity contribution < 1.29 is 14.4 Å². The fourth-order valence-corrected chi connectivity index (χ4v) is 4.74. The molecule has 0 spiro atoms. The van der Waals surface area contributed by atoms with E-state index in [-0.39, 0.29) is 29.7 Å². The third kappa shape index (κ3) is 6.29. The van der Waals surface area contributed by atoms with Gasteiger partial charge in [0.1, 0.15) is 6.04 Å². The van der Waals surface area contributed by atoms with Crippen LogP contribution < -0.4 is 11.1 Å². The number of benzene rings is 1. The minimum absolute atomic E-state index is 0.0118. The fraction of sp³-hybridized carbons (Fsp3) is 0.625. The van der Waals surface area contributed by atoms with E-state index in [0.29, 0.717) is 51.4 Å². The molecule has 2 saturated heterocycles. The molecular formula is C24H36N4O3. The average Bonchev–Trinajstić information content (AvgIpc) is 2.74. The molecule has 2 fully saturated rings. The number of carbonyl (C=O) groups excluding carboxylic acids is 3. The number of hydrogen-bond donors (Lipinski definition) is 2. The largest absolute Gasteiger partial charge is 0.370 e. The lowest BCUT2D eigenvalue weighted by atomic mass is 9.92. The van der Waals surface area contributed by atoms with Gasteiger partial charge in [0.05, 0.1) is 6.04 Å². The molecule has 1 aromatic rings. The molecule has 7 heteroatoms. The van der Waals surface area contributed by atoms with Crippen LogP contribution >= 0.6 is 0 Å². The number of piperazine rings is 1. The number of piperidine rings is 1. The molecule has 0 radical (unpaired) electrons. The maximum absolute atomic E-state index is 13.5. The summed E-state index contributed by atoms with van der Waals surface area (Å²) in [6.07, 6.45) is 3.24. The topological polar surface area (TPSA) is 95.7 Å². The molecule has 1 aromatic carbocycles. The normalized spacial score (nSPS) is 21.4. The van der Waals surface area contributed by atoms with E-state index in [2.05, 4.69) is 19.2 Å². The number of nitrogens with one attached hydrogen (secondary N) is 1. The summed E-state index contributed by atoms with van der Waals surface area (Å²) in [5.74, 6) is 0.328. The highest BCUT2D eigenvalue weighted by Crippen LogP contribution is 2.24. The number of nitrogens with two attached hydrogens (primary N) is 1. The number of likely N-dealkylation sites (tertiary alicyclic amines) is 1. The first-order valence-electron chi connectivity index (χ1n) is 11.5. The van der Waals surface area contributed by atoms with Crippen molar-refractivity contribution in [3.8, 4) is 0 Å². The van der Waals surface area contributed by atoms with Crippen LogP contribution in [-0.4, -0.2) is 65.8 Å². The Hall–Kier alpha value is -2.41. The second-order valence-electron chi connectivity index (χ2n) is 9.31. The van der Waals surface area contributed by atoms with Gasteiger partial charge < -0.3 is 20.9 Å². The molecule has 3 N–H and O–H groups in total. The van der Waals surface area contributed by atoms with Crippen molar-refractivity contribution >= 4 is 17.7 Å². The van der Waals surface area contributed by atoms with E-state index < -0.39 is 6.04 Å². The molecule has 31 heavy (non-hydrogen) atoms. The maximum atomic E-state index is 13.5. The summed E-state index contributed by atoms with van der Waals surface area (Å²) >= 11 is 0. The lowest BCUT2D eigenvalue weighted by molar-refractivity contribution is -0.150. The van der Waals surface area contributed by atoms with E-state index in [0.717, 1.165) is 18.4 Å². The van der Waals surface area contributed by atoms with E-state index in [1.54, 1.807) is 0 Å². The molecular weight excluding hydrogens is 392 g/mol. The summed E-state index contributed by atoms with van der Waals surface area (Å²) in [5, 5.41) is 3.34. The summed E-state index contributed by atoms with van der Waals surface area (Å²) in [5.41, 5.74) is 6.44. The quantitative estimate of drug-likeness (QED) is 0.657.